The molecule has 1 aromatic heterocycles. The van der Waals surface area contributed by atoms with E-state index < -0.39 is 0 Å². The fraction of sp³-hybridized carbons (Fsp3) is 0.0208. The summed E-state index contributed by atoms with van der Waals surface area (Å²) in [5, 5.41) is 27.3. The predicted octanol–water partition coefficient (Wildman–Crippen LogP) is 12.3. The summed E-state index contributed by atoms with van der Waals surface area (Å²) in [6.45, 7) is 8.33. The van der Waals surface area contributed by atoms with Crippen molar-refractivity contribution in [1.82, 2.24) is 4.57 Å². The molecule has 0 bridgehead atoms. The molecule has 4 nitrogen and oxygen atoms in total. The summed E-state index contributed by atoms with van der Waals surface area (Å²) >= 11 is 0. The Morgan fingerprint density at radius 2 is 1.02 bits per heavy atom. The van der Waals surface area contributed by atoms with Gasteiger partial charge in [0.2, 0.25) is 0 Å². The number of rotatable bonds is 5. The van der Waals surface area contributed by atoms with E-state index in [1.54, 1.807) is 6.07 Å². The molecule has 0 fully saturated rings. The van der Waals surface area contributed by atoms with E-state index in [0.29, 0.717) is 23.2 Å². The number of benzene rings is 8. The Balaban J connectivity index is 1.32. The molecule has 0 N–H and O–H groups in total. The molecule has 0 radical (unpaired) electrons. The first-order chi connectivity index (χ1) is 25.7. The molecular weight excluding hydrogens is 633 g/mol. The van der Waals surface area contributed by atoms with Gasteiger partial charge < -0.3 is 4.57 Å². The summed E-state index contributed by atoms with van der Waals surface area (Å²) in [6.07, 6.45) is 0.455. The standard InChI is InChI=1S/C48H28N4/c1-51-45-26-32(30-50)25-42(34-23-31(29-49)24-35(27-34)52-46-21-11-9-17-38(46)39-18-10-12-22-47(39)52)44(45)28-43-36-15-5-7-19-40(36)48(33-13-3-2-4-14-33)41-20-8-6-16-37(41)43/h2-27H,28H2. The predicted molar refractivity (Wildman–Crippen MR) is 212 cm³/mol. The van der Waals surface area contributed by atoms with Gasteiger partial charge in [-0.15, -0.1) is 0 Å². The number of nitriles is 2. The van der Waals surface area contributed by atoms with Crippen LogP contribution in [0.5, 0.6) is 0 Å². The maximum absolute atomic E-state index is 10.4. The molecule has 8 aromatic carbocycles. The molecule has 52 heavy (non-hydrogen) atoms. The van der Waals surface area contributed by atoms with Crippen LogP contribution in [0.1, 0.15) is 22.3 Å². The van der Waals surface area contributed by atoms with Gasteiger partial charge in [0.25, 0.3) is 0 Å². The van der Waals surface area contributed by atoms with Gasteiger partial charge in [-0.3, -0.25) is 0 Å². The van der Waals surface area contributed by atoms with E-state index in [1.807, 2.05) is 48.5 Å². The van der Waals surface area contributed by atoms with Crippen LogP contribution in [-0.2, 0) is 6.42 Å². The van der Waals surface area contributed by atoms with Crippen molar-refractivity contribution < 1.29 is 0 Å². The summed E-state index contributed by atoms with van der Waals surface area (Å²) in [5.41, 5.74) is 10.0. The van der Waals surface area contributed by atoms with E-state index in [0.717, 1.165) is 76.9 Å². The molecular formula is C48H28N4. The van der Waals surface area contributed by atoms with Gasteiger partial charge in [0.1, 0.15) is 0 Å². The van der Waals surface area contributed by atoms with Crippen molar-refractivity contribution in [3.05, 3.63) is 191 Å². The Hall–Kier alpha value is -7.45. The fourth-order valence-electron chi connectivity index (χ4n) is 7.93. The van der Waals surface area contributed by atoms with Crippen LogP contribution in [0.15, 0.2) is 158 Å². The van der Waals surface area contributed by atoms with Crippen molar-refractivity contribution in [3.63, 3.8) is 0 Å². The second-order valence-electron chi connectivity index (χ2n) is 13.0. The molecule has 0 aliphatic heterocycles. The van der Waals surface area contributed by atoms with E-state index in [1.165, 1.54) is 5.56 Å². The quantitative estimate of drug-likeness (QED) is 0.136. The van der Waals surface area contributed by atoms with E-state index in [9.17, 15) is 10.5 Å². The lowest BCUT2D eigenvalue weighted by molar-refractivity contribution is 1.17. The molecule has 0 amide bonds. The first-order valence-electron chi connectivity index (χ1n) is 17.1. The average Bonchev–Trinajstić information content (AvgIpc) is 3.55. The lowest BCUT2D eigenvalue weighted by atomic mass is 9.84. The van der Waals surface area contributed by atoms with Crippen LogP contribution in [0.25, 0.3) is 76.1 Å². The third kappa shape index (κ3) is 4.89. The highest BCUT2D eigenvalue weighted by molar-refractivity contribution is 6.15. The number of hydrogen-bond donors (Lipinski definition) is 0. The lowest BCUT2D eigenvalue weighted by Gasteiger charge is -2.20. The Kier molecular flexibility index (Phi) is 7.33. The highest BCUT2D eigenvalue weighted by Crippen LogP contribution is 2.43. The second-order valence-corrected chi connectivity index (χ2v) is 13.0. The number of fused-ring (bicyclic) bond motifs is 5. The van der Waals surface area contributed by atoms with E-state index in [4.69, 9.17) is 6.57 Å². The SMILES string of the molecule is [C-]#[N+]c1cc(C#N)cc(-c2cc(C#N)cc(-n3c4ccccc4c4ccccc43)c2)c1Cc1c2ccccc2c(-c2ccccc2)c2ccccc12. The number of aromatic nitrogens is 1. The van der Waals surface area contributed by atoms with Crippen LogP contribution >= 0.6 is 0 Å². The Labute approximate surface area is 301 Å². The van der Waals surface area contributed by atoms with Crippen molar-refractivity contribution in [3.8, 4) is 40.1 Å². The zero-order valence-corrected chi connectivity index (χ0v) is 28.0. The molecule has 9 rings (SSSR count). The highest BCUT2D eigenvalue weighted by Gasteiger charge is 2.21. The molecule has 0 saturated carbocycles. The first kappa shape index (κ1) is 30.6. The summed E-state index contributed by atoms with van der Waals surface area (Å²) in [6, 6.07) is 58.2. The van der Waals surface area contributed by atoms with E-state index >= 15 is 0 Å². The maximum Gasteiger partial charge on any atom is 0.192 e. The van der Waals surface area contributed by atoms with Gasteiger partial charge in [-0.05, 0) is 104 Å². The van der Waals surface area contributed by atoms with E-state index in [-0.39, 0.29) is 0 Å². The number of para-hydroxylation sites is 2. The number of nitrogens with zero attached hydrogens (tertiary/aromatic N) is 4. The summed E-state index contributed by atoms with van der Waals surface area (Å²) < 4.78 is 2.20. The molecule has 0 unspecified atom stereocenters. The van der Waals surface area contributed by atoms with Gasteiger partial charge >= 0.3 is 0 Å². The zero-order chi connectivity index (χ0) is 35.2. The summed E-state index contributed by atoms with van der Waals surface area (Å²) in [4.78, 5) is 4.01. The maximum atomic E-state index is 10.4. The second kappa shape index (κ2) is 12.5. The van der Waals surface area contributed by atoms with Gasteiger partial charge in [0, 0.05) is 22.0 Å². The minimum Gasteiger partial charge on any atom is -0.309 e. The fourth-order valence-corrected chi connectivity index (χ4v) is 7.93. The van der Waals surface area contributed by atoms with Gasteiger partial charge in [-0.1, -0.05) is 115 Å². The van der Waals surface area contributed by atoms with Gasteiger partial charge in [0.05, 0.1) is 35.3 Å². The van der Waals surface area contributed by atoms with Crippen LogP contribution in [0, 0.1) is 29.2 Å². The molecule has 0 atom stereocenters. The Morgan fingerprint density at radius 1 is 0.500 bits per heavy atom. The molecule has 0 aliphatic rings. The molecule has 0 saturated heterocycles. The Bertz CT molecular complexity index is 2910. The van der Waals surface area contributed by atoms with Crippen molar-refractivity contribution in [2.75, 3.05) is 0 Å². The largest absolute Gasteiger partial charge is 0.309 e. The lowest BCUT2D eigenvalue weighted by Crippen LogP contribution is -2.00. The molecule has 0 spiro atoms. The van der Waals surface area contributed by atoms with Crippen molar-refractivity contribution in [1.29, 1.82) is 10.5 Å². The average molecular weight is 661 g/mol. The smallest absolute Gasteiger partial charge is 0.192 e. The van der Waals surface area contributed by atoms with Crippen LogP contribution in [0.4, 0.5) is 5.69 Å². The van der Waals surface area contributed by atoms with Gasteiger partial charge in [-0.25, -0.2) is 4.85 Å². The number of hydrogen-bond acceptors (Lipinski definition) is 2. The summed E-state index contributed by atoms with van der Waals surface area (Å²) in [5.74, 6) is 0. The molecule has 240 valence electrons. The summed E-state index contributed by atoms with van der Waals surface area (Å²) in [7, 11) is 0. The monoisotopic (exact) mass is 660 g/mol. The van der Waals surface area contributed by atoms with E-state index in [2.05, 4.69) is 125 Å². The van der Waals surface area contributed by atoms with Crippen molar-refractivity contribution >= 4 is 49.0 Å². The minimum atomic E-state index is 0.402. The molecule has 1 heterocycles. The van der Waals surface area contributed by atoms with Crippen molar-refractivity contribution in [2.24, 2.45) is 0 Å². The first-order valence-corrected chi connectivity index (χ1v) is 17.1. The normalized spacial score (nSPS) is 11.1. The van der Waals surface area contributed by atoms with Crippen LogP contribution in [0.3, 0.4) is 0 Å². The molecule has 0 aliphatic carbocycles. The highest BCUT2D eigenvalue weighted by atomic mass is 15.0. The zero-order valence-electron chi connectivity index (χ0n) is 28.0. The van der Waals surface area contributed by atoms with Gasteiger partial charge in [0.15, 0.2) is 5.69 Å². The van der Waals surface area contributed by atoms with Crippen molar-refractivity contribution in [2.45, 2.75) is 6.42 Å². The van der Waals surface area contributed by atoms with Crippen LogP contribution < -0.4 is 0 Å². The van der Waals surface area contributed by atoms with Crippen LogP contribution in [0.2, 0.25) is 0 Å². The topological polar surface area (TPSA) is 56.9 Å². The molecule has 9 aromatic rings. The Morgan fingerprint density at radius 3 is 1.60 bits per heavy atom. The minimum absolute atomic E-state index is 0.402. The molecule has 4 heteroatoms. The van der Waals surface area contributed by atoms with Gasteiger partial charge in [-0.2, -0.15) is 10.5 Å². The third-order valence-corrected chi connectivity index (χ3v) is 10.1. The van der Waals surface area contributed by atoms with Crippen LogP contribution in [-0.4, -0.2) is 4.57 Å². The third-order valence-electron chi connectivity index (χ3n) is 10.1.